The second kappa shape index (κ2) is 51.1. The zero-order valence-electron chi connectivity index (χ0n) is 76.2. The minimum Gasteiger partial charge on any atom is -0.394 e. The molecule has 44 heteroatoms. The van der Waals surface area contributed by atoms with Gasteiger partial charge < -0.3 is 120 Å². The molecule has 0 unspecified atom stereocenters. The van der Waals surface area contributed by atoms with Gasteiger partial charge in [-0.25, -0.2) is 4.98 Å². The van der Waals surface area contributed by atoms with E-state index in [2.05, 4.69) is 94.4 Å². The SMILES string of the molecule is CCCC[C@H]1C(=O)N(C)[C@@H](CCCC)C(=O)N[C@@H](CCCNC(=N)N)C(=O)N[C@H](C(=O)NCC(N)=O)CSCC(=O)N[C@@H](Cc2ccc(Br)cc2)C(=O)N(C)[C@@H](C)C(=O)N[C@@H](CC(N)=O)C(=O)N2CCC[C@H]2C(=O)N[C@@H](Cc2cnc[nH]2)C(=O)N[C@@H](CC(C)C)C(=O)N(C)CC(=O)N[C@@H](Cc2c[nH]c3ccccc23)C(=O)N[C@@H](CO)C(=O)N[C@@H](Cc2c[nH]c3ccccc23)C(=O)N1C. The van der Waals surface area contributed by atoms with Gasteiger partial charge in [-0.1, -0.05) is 118 Å². The van der Waals surface area contributed by atoms with Crippen molar-refractivity contribution < 1.29 is 86.6 Å². The van der Waals surface area contributed by atoms with Crippen molar-refractivity contribution in [1.29, 1.82) is 5.41 Å². The molecule has 2 aliphatic rings. The quantitative estimate of drug-likeness (QED) is 0.0169. The third kappa shape index (κ3) is 30.8. The third-order valence-electron chi connectivity index (χ3n) is 23.2. The van der Waals surface area contributed by atoms with Crippen LogP contribution in [0, 0.1) is 11.3 Å². The summed E-state index contributed by atoms with van der Waals surface area (Å²) < 4.78 is 0.668. The molecule has 17 amide bonds. The molecule has 722 valence electrons. The molecule has 2 aliphatic heterocycles. The van der Waals surface area contributed by atoms with Crippen molar-refractivity contribution in [1.82, 2.24) is 103 Å². The van der Waals surface area contributed by atoms with E-state index in [1.807, 2.05) is 13.8 Å². The molecule has 0 radical (unpaired) electrons. The standard InChI is InChI=1S/C89H125BrN24O18S/c1-10-12-25-69-82(126)103-60(24-18-32-96-89(93)94)78(122)109-68(77(121)99-43-73(92)117)46-133-47-75(119)102-64(35-51-28-30-54(90)31-29-51)85(129)111(7)50(5)76(120)105-66(39-72(91)116)87(131)114-33-19-27-70(114)83(127)104-62(38-55-42-95-48-100-55)80(124)106-63(34-49(3)4)84(128)110(6)44-74(118)101-61(36-52-40-97-58-22-16-14-20-56(52)58)79(123)108-67(45-115)81(125)107-65(37-53-41-98-59-23-17-15-21-57(53)59)86(130)113(9)71(26-13-11-2)88(132)112(69)8/h14-17,20-23,28-31,40-42,48-50,60-71,97-98,115H,10-13,18-19,24-27,32-39,43-47H2,1-9H3,(H2,91,116)(H2,92,117)(H,95,100)(H,99,121)(H,101,118)(H,102,119)(H,103,126)(H,104,127)(H,105,120)(H,106,124)(H,107,125)(H,108,123)(H,109,122)(H4,93,94,96)/t50-,60-,61-,62-,63-,64-,65-,66-,67-,68-,69-,70-,71-/m0/s1. The van der Waals surface area contributed by atoms with Crippen molar-refractivity contribution in [3.8, 4) is 0 Å². The maximum absolute atomic E-state index is 15.7. The first-order valence-electron chi connectivity index (χ1n) is 44.3. The Morgan fingerprint density at radius 1 is 0.556 bits per heavy atom. The highest BCUT2D eigenvalue weighted by atomic mass is 79.9. The molecular weight excluding hydrogens is 1810 g/mol. The number of rotatable bonds is 26. The van der Waals surface area contributed by atoms with Gasteiger partial charge >= 0.3 is 0 Å². The predicted molar refractivity (Wildman–Crippen MR) is 497 cm³/mol. The number of aliphatic hydroxyl groups is 1. The third-order valence-corrected chi connectivity index (χ3v) is 24.8. The predicted octanol–water partition coefficient (Wildman–Crippen LogP) is -1.38. The average molecular weight is 1930 g/mol. The number of carbonyl (C=O) groups is 17. The van der Waals surface area contributed by atoms with Crippen LogP contribution in [0.5, 0.6) is 0 Å². The van der Waals surface area contributed by atoms with E-state index in [4.69, 9.17) is 22.6 Å². The number of nitrogens with zero attached hydrogens (tertiary/aromatic N) is 6. The van der Waals surface area contributed by atoms with Crippen molar-refractivity contribution >= 4 is 156 Å². The molecule has 2 saturated heterocycles. The number of imidazole rings is 1. The van der Waals surface area contributed by atoms with E-state index in [1.54, 1.807) is 99.0 Å². The molecule has 22 N–H and O–H groups in total. The fourth-order valence-electron chi connectivity index (χ4n) is 15.8. The van der Waals surface area contributed by atoms with Crippen molar-refractivity contribution in [3.63, 3.8) is 0 Å². The maximum Gasteiger partial charge on any atom is 0.246 e. The van der Waals surface area contributed by atoms with Crippen LogP contribution in [0.2, 0.25) is 0 Å². The van der Waals surface area contributed by atoms with Crippen molar-refractivity contribution in [2.75, 3.05) is 72.5 Å². The van der Waals surface area contributed by atoms with Gasteiger partial charge in [0.05, 0.1) is 38.2 Å². The first-order valence-corrected chi connectivity index (χ1v) is 46.3. The Hall–Kier alpha value is -13.0. The smallest absolute Gasteiger partial charge is 0.246 e. The molecular formula is C89H125BrN24O18S. The second-order valence-electron chi connectivity index (χ2n) is 33.8. The number of aromatic nitrogens is 4. The lowest BCUT2D eigenvalue weighted by Gasteiger charge is -2.36. The molecule has 2 fully saturated rings. The molecule has 3 aromatic carbocycles. The number of H-pyrrole nitrogens is 3. The number of thioether (sulfide) groups is 1. The fraction of sp³-hybridized carbons (Fsp3) is 0.517. The molecule has 0 saturated carbocycles. The fourth-order valence-corrected chi connectivity index (χ4v) is 16.9. The summed E-state index contributed by atoms with van der Waals surface area (Å²) in [6.07, 6.45) is 5.95. The van der Waals surface area contributed by atoms with Gasteiger partial charge in [0.25, 0.3) is 0 Å². The van der Waals surface area contributed by atoms with Gasteiger partial charge in [0.15, 0.2) is 5.96 Å². The number of aromatic amines is 3. The molecule has 0 bridgehead atoms. The normalized spacial score (nSPS) is 23.4. The van der Waals surface area contributed by atoms with Crippen LogP contribution in [0.25, 0.3) is 21.8 Å². The molecule has 13 atom stereocenters. The van der Waals surface area contributed by atoms with Gasteiger partial charge in [-0.05, 0) is 98.7 Å². The highest BCUT2D eigenvalue weighted by Crippen LogP contribution is 2.26. The van der Waals surface area contributed by atoms with Crippen LogP contribution in [-0.2, 0) is 107 Å². The van der Waals surface area contributed by atoms with E-state index in [-0.39, 0.29) is 89.6 Å². The van der Waals surface area contributed by atoms with Crippen molar-refractivity contribution in [2.24, 2.45) is 23.1 Å². The number of hydrogen-bond acceptors (Lipinski definition) is 21. The Kier molecular flexibility index (Phi) is 40.5. The zero-order valence-corrected chi connectivity index (χ0v) is 78.6. The van der Waals surface area contributed by atoms with Crippen molar-refractivity contribution in [2.45, 2.75) is 216 Å². The van der Waals surface area contributed by atoms with Crippen LogP contribution in [0.3, 0.4) is 0 Å². The summed E-state index contributed by atoms with van der Waals surface area (Å²) in [4.78, 5) is 267. The number of halogens is 1. The number of amides is 17. The second-order valence-corrected chi connectivity index (χ2v) is 35.7. The molecule has 0 aliphatic carbocycles. The number of fused-ring (bicyclic) bond motifs is 3. The van der Waals surface area contributed by atoms with E-state index >= 15 is 24.0 Å². The molecule has 5 heterocycles. The number of unbranched alkanes of at least 4 members (excludes halogenated alkanes) is 2. The Bertz CT molecular complexity index is 5110. The molecule has 6 aromatic rings. The lowest BCUT2D eigenvalue weighted by molar-refractivity contribution is -0.149. The van der Waals surface area contributed by atoms with Crippen LogP contribution >= 0.6 is 27.7 Å². The minimum absolute atomic E-state index is 0.000986. The van der Waals surface area contributed by atoms with Gasteiger partial charge in [-0.2, -0.15) is 0 Å². The maximum atomic E-state index is 15.7. The summed E-state index contributed by atoms with van der Waals surface area (Å²) in [7, 11) is 5.25. The zero-order chi connectivity index (χ0) is 97.4. The number of benzene rings is 3. The van der Waals surface area contributed by atoms with E-state index in [0.29, 0.717) is 74.3 Å². The number of likely N-dealkylation sites (N-methyl/N-ethyl adjacent to an activating group) is 4. The van der Waals surface area contributed by atoms with Gasteiger partial charge in [0.1, 0.15) is 78.5 Å². The Balaban J connectivity index is 1.18. The van der Waals surface area contributed by atoms with Crippen LogP contribution in [0.1, 0.15) is 134 Å². The summed E-state index contributed by atoms with van der Waals surface area (Å²) in [5.74, 6) is -17.2. The van der Waals surface area contributed by atoms with E-state index < -0.39 is 223 Å². The van der Waals surface area contributed by atoms with Crippen LogP contribution < -0.4 is 75.7 Å². The largest absolute Gasteiger partial charge is 0.394 e. The van der Waals surface area contributed by atoms with E-state index in [9.17, 15) is 62.6 Å². The number of guanidine groups is 1. The highest BCUT2D eigenvalue weighted by Gasteiger charge is 2.44. The molecule has 133 heavy (non-hydrogen) atoms. The summed E-state index contributed by atoms with van der Waals surface area (Å²) >= 11 is 4.19. The molecule has 42 nitrogen and oxygen atoms in total. The van der Waals surface area contributed by atoms with E-state index in [0.717, 1.165) is 36.3 Å². The van der Waals surface area contributed by atoms with Crippen LogP contribution in [-0.4, -0.2) is 307 Å². The average Bonchev–Trinajstić information content (AvgIpc) is 1.81. The number of aliphatic hydroxyl groups excluding tert-OH is 1. The number of hydrogen-bond donors (Lipinski definition) is 19. The Labute approximate surface area is 782 Å². The first-order chi connectivity index (χ1) is 63.3. The summed E-state index contributed by atoms with van der Waals surface area (Å²) in [6.45, 7) is 5.91. The lowest BCUT2D eigenvalue weighted by atomic mass is 10.00. The summed E-state index contributed by atoms with van der Waals surface area (Å²) in [5.41, 5.74) is 20.0. The minimum atomic E-state index is -1.85. The summed E-state index contributed by atoms with van der Waals surface area (Å²) in [6, 6.07) is 1.10. The topological polar surface area (TPSA) is 621 Å². The monoisotopic (exact) mass is 1930 g/mol. The van der Waals surface area contributed by atoms with Crippen LogP contribution in [0.15, 0.2) is 102 Å². The molecule has 8 rings (SSSR count). The van der Waals surface area contributed by atoms with Crippen molar-refractivity contribution in [3.05, 3.63) is 125 Å². The number of primary amides is 2. The summed E-state index contributed by atoms with van der Waals surface area (Å²) in [5, 5.41) is 49.4. The van der Waals surface area contributed by atoms with Crippen LogP contribution in [0.4, 0.5) is 0 Å². The Morgan fingerprint density at radius 2 is 1.10 bits per heavy atom. The number of nitrogens with one attached hydrogen (secondary N) is 15. The van der Waals surface area contributed by atoms with Gasteiger partial charge in [-0.15, -0.1) is 11.8 Å². The van der Waals surface area contributed by atoms with Gasteiger partial charge in [0.2, 0.25) is 100 Å². The number of carbonyl (C=O) groups excluding carboxylic acids is 17. The molecule has 3 aromatic heterocycles. The van der Waals surface area contributed by atoms with Gasteiger partial charge in [-0.3, -0.25) is 86.9 Å². The lowest BCUT2D eigenvalue weighted by Crippen LogP contribution is -2.61. The first kappa shape index (κ1) is 105. The Morgan fingerprint density at radius 3 is 1.69 bits per heavy atom. The van der Waals surface area contributed by atoms with E-state index in [1.165, 1.54) is 47.6 Å². The number of nitrogens with two attached hydrogens (primary N) is 3. The van der Waals surface area contributed by atoms with Gasteiger partial charge in [0, 0.05) is 123 Å². The number of para-hydroxylation sites is 2. The molecule has 0 spiro atoms. The highest BCUT2D eigenvalue weighted by molar-refractivity contribution is 9.10.